The maximum Gasteiger partial charge on any atom is 0.416 e. The zero-order valence-electron chi connectivity index (χ0n) is 12.3. The summed E-state index contributed by atoms with van der Waals surface area (Å²) in [6.45, 7) is 9.62. The maximum atomic E-state index is 12.2. The molecule has 0 fully saturated rings. The van der Waals surface area contributed by atoms with Gasteiger partial charge in [-0.05, 0) is 31.2 Å². The van der Waals surface area contributed by atoms with Crippen LogP contribution < -0.4 is 5.32 Å². The standard InChI is InChI=1S/C10H9BrF3NO.2C2H6/c1-6(11)9(16)15-8-4-2-7(3-5-8)10(12,13)14;2*1-2/h2-6H,1H3,(H,15,16);2*1-2H3. The second kappa shape index (κ2) is 10.7. The summed E-state index contributed by atoms with van der Waals surface area (Å²) in [5.74, 6) is -0.306. The fourth-order valence-electron chi connectivity index (χ4n) is 0.984. The molecule has 20 heavy (non-hydrogen) atoms. The number of halogens is 4. The van der Waals surface area contributed by atoms with Crippen LogP contribution in [0.15, 0.2) is 24.3 Å². The number of carbonyl (C=O) groups is 1. The molecule has 0 aliphatic carbocycles. The lowest BCUT2D eigenvalue weighted by Gasteiger charge is -2.09. The molecule has 116 valence electrons. The molecule has 0 aromatic heterocycles. The number of rotatable bonds is 2. The number of amides is 1. The molecule has 0 aliphatic heterocycles. The predicted octanol–water partition coefficient (Wildman–Crippen LogP) is 5.48. The van der Waals surface area contributed by atoms with E-state index in [-0.39, 0.29) is 5.91 Å². The summed E-state index contributed by atoms with van der Waals surface area (Å²) in [6.07, 6.45) is -4.36. The molecule has 0 heterocycles. The van der Waals surface area contributed by atoms with Crippen LogP contribution in [0.2, 0.25) is 0 Å². The quantitative estimate of drug-likeness (QED) is 0.699. The van der Waals surface area contributed by atoms with Crippen molar-refractivity contribution in [3.8, 4) is 0 Å². The highest BCUT2D eigenvalue weighted by Gasteiger charge is 2.29. The molecule has 0 spiro atoms. The third kappa shape index (κ3) is 8.19. The van der Waals surface area contributed by atoms with E-state index < -0.39 is 16.6 Å². The third-order valence-corrected chi connectivity index (χ3v) is 2.26. The number of hydrogen-bond acceptors (Lipinski definition) is 1. The van der Waals surface area contributed by atoms with Gasteiger partial charge in [-0.15, -0.1) is 0 Å². The Morgan fingerprint density at radius 3 is 1.80 bits per heavy atom. The van der Waals surface area contributed by atoms with Crippen LogP contribution in [0.3, 0.4) is 0 Å². The van der Waals surface area contributed by atoms with Crippen molar-refractivity contribution in [3.63, 3.8) is 0 Å². The van der Waals surface area contributed by atoms with Crippen molar-refractivity contribution in [2.45, 2.75) is 45.6 Å². The van der Waals surface area contributed by atoms with Gasteiger partial charge in [0.25, 0.3) is 0 Å². The van der Waals surface area contributed by atoms with Crippen molar-refractivity contribution in [2.24, 2.45) is 0 Å². The monoisotopic (exact) mass is 355 g/mol. The lowest BCUT2D eigenvalue weighted by atomic mass is 10.2. The first-order valence-electron chi connectivity index (χ1n) is 6.43. The number of benzene rings is 1. The van der Waals surface area contributed by atoms with Gasteiger partial charge in [-0.1, -0.05) is 43.6 Å². The molecular formula is C14H21BrF3NO. The Balaban J connectivity index is 0. The minimum Gasteiger partial charge on any atom is -0.325 e. The second-order valence-corrected chi connectivity index (χ2v) is 4.55. The first kappa shape index (κ1) is 21.3. The van der Waals surface area contributed by atoms with Crippen molar-refractivity contribution >= 4 is 27.5 Å². The minimum absolute atomic E-state index is 0.306. The Morgan fingerprint density at radius 2 is 1.50 bits per heavy atom. The number of nitrogens with one attached hydrogen (secondary N) is 1. The van der Waals surface area contributed by atoms with E-state index in [2.05, 4.69) is 21.2 Å². The van der Waals surface area contributed by atoms with Crippen molar-refractivity contribution in [3.05, 3.63) is 29.8 Å². The van der Waals surface area contributed by atoms with E-state index >= 15 is 0 Å². The van der Waals surface area contributed by atoms with Crippen molar-refractivity contribution in [2.75, 3.05) is 5.32 Å². The molecule has 0 radical (unpaired) electrons. The van der Waals surface area contributed by atoms with Crippen LogP contribution in [0.4, 0.5) is 18.9 Å². The van der Waals surface area contributed by atoms with Gasteiger partial charge in [0.15, 0.2) is 0 Å². The SMILES string of the molecule is CC.CC.CC(Br)C(=O)Nc1ccc(C(F)(F)F)cc1. The van der Waals surface area contributed by atoms with E-state index in [0.717, 1.165) is 12.1 Å². The molecule has 1 N–H and O–H groups in total. The average Bonchev–Trinajstić information content (AvgIpc) is 2.42. The lowest BCUT2D eigenvalue weighted by molar-refractivity contribution is -0.137. The highest BCUT2D eigenvalue weighted by atomic mass is 79.9. The van der Waals surface area contributed by atoms with E-state index in [1.54, 1.807) is 6.92 Å². The molecule has 2 nitrogen and oxygen atoms in total. The Labute approximate surface area is 126 Å². The van der Waals surface area contributed by atoms with Crippen LogP contribution in [0, 0.1) is 0 Å². The molecule has 1 aromatic carbocycles. The van der Waals surface area contributed by atoms with Crippen molar-refractivity contribution in [1.29, 1.82) is 0 Å². The zero-order valence-corrected chi connectivity index (χ0v) is 13.9. The molecule has 1 atom stereocenters. The van der Waals surface area contributed by atoms with E-state index in [1.165, 1.54) is 12.1 Å². The molecule has 1 aromatic rings. The Kier molecular flexibility index (Phi) is 11.4. The van der Waals surface area contributed by atoms with Gasteiger partial charge in [-0.2, -0.15) is 13.2 Å². The second-order valence-electron chi connectivity index (χ2n) is 3.18. The topological polar surface area (TPSA) is 29.1 Å². The largest absolute Gasteiger partial charge is 0.416 e. The van der Waals surface area contributed by atoms with E-state index in [1.807, 2.05) is 27.7 Å². The Bertz CT molecular complexity index is 375. The minimum atomic E-state index is -4.36. The van der Waals surface area contributed by atoms with E-state index in [0.29, 0.717) is 5.69 Å². The molecule has 0 saturated carbocycles. The van der Waals surface area contributed by atoms with Gasteiger partial charge in [-0.25, -0.2) is 0 Å². The Morgan fingerprint density at radius 1 is 1.10 bits per heavy atom. The molecule has 0 bridgehead atoms. The first-order chi connectivity index (χ1) is 9.30. The van der Waals surface area contributed by atoms with Crippen LogP contribution in [0.5, 0.6) is 0 Å². The molecule has 6 heteroatoms. The molecular weight excluding hydrogens is 335 g/mol. The van der Waals surface area contributed by atoms with Crippen LogP contribution in [0.1, 0.15) is 40.2 Å². The molecule has 0 saturated heterocycles. The van der Waals surface area contributed by atoms with Gasteiger partial charge >= 0.3 is 6.18 Å². The fraction of sp³-hybridized carbons (Fsp3) is 0.500. The van der Waals surface area contributed by atoms with Crippen LogP contribution >= 0.6 is 15.9 Å². The first-order valence-corrected chi connectivity index (χ1v) is 7.34. The van der Waals surface area contributed by atoms with Gasteiger partial charge in [0.2, 0.25) is 5.91 Å². The van der Waals surface area contributed by atoms with Crippen molar-refractivity contribution in [1.82, 2.24) is 0 Å². The summed E-state index contributed by atoms with van der Waals surface area (Å²) in [6, 6.07) is 4.29. The van der Waals surface area contributed by atoms with Gasteiger partial charge in [0.05, 0.1) is 10.4 Å². The van der Waals surface area contributed by atoms with Crippen LogP contribution in [0.25, 0.3) is 0 Å². The number of hydrogen-bond donors (Lipinski definition) is 1. The average molecular weight is 356 g/mol. The summed E-state index contributed by atoms with van der Waals surface area (Å²) in [7, 11) is 0. The zero-order chi connectivity index (χ0) is 16.3. The molecule has 1 unspecified atom stereocenters. The summed E-state index contributed by atoms with van der Waals surface area (Å²) in [4.78, 5) is 10.8. The van der Waals surface area contributed by atoms with E-state index in [9.17, 15) is 18.0 Å². The van der Waals surface area contributed by atoms with Gasteiger partial charge in [0, 0.05) is 5.69 Å². The number of alkyl halides is 4. The number of carbonyl (C=O) groups excluding carboxylic acids is 1. The smallest absolute Gasteiger partial charge is 0.325 e. The van der Waals surface area contributed by atoms with Crippen LogP contribution in [-0.4, -0.2) is 10.7 Å². The van der Waals surface area contributed by atoms with Gasteiger partial charge in [-0.3, -0.25) is 4.79 Å². The predicted molar refractivity (Wildman–Crippen MR) is 81.2 cm³/mol. The number of anilines is 1. The van der Waals surface area contributed by atoms with Crippen molar-refractivity contribution < 1.29 is 18.0 Å². The van der Waals surface area contributed by atoms with Gasteiger partial charge in [0.1, 0.15) is 0 Å². The summed E-state index contributed by atoms with van der Waals surface area (Å²) >= 11 is 3.05. The Hall–Kier alpha value is -1.04. The maximum absolute atomic E-state index is 12.2. The highest BCUT2D eigenvalue weighted by molar-refractivity contribution is 9.10. The summed E-state index contributed by atoms with van der Waals surface area (Å²) in [5, 5.41) is 2.47. The summed E-state index contributed by atoms with van der Waals surface area (Å²) in [5.41, 5.74) is -0.401. The molecule has 0 aliphatic rings. The molecule has 1 amide bonds. The lowest BCUT2D eigenvalue weighted by Crippen LogP contribution is -2.19. The third-order valence-electron chi connectivity index (χ3n) is 1.84. The fourth-order valence-corrected chi connectivity index (χ4v) is 1.10. The summed E-state index contributed by atoms with van der Waals surface area (Å²) < 4.78 is 36.6. The van der Waals surface area contributed by atoms with Gasteiger partial charge < -0.3 is 5.32 Å². The van der Waals surface area contributed by atoms with E-state index in [4.69, 9.17) is 0 Å². The molecule has 1 rings (SSSR count). The normalized spacial score (nSPS) is 11.2. The van der Waals surface area contributed by atoms with Crippen LogP contribution in [-0.2, 0) is 11.0 Å². The highest BCUT2D eigenvalue weighted by Crippen LogP contribution is 2.29.